The van der Waals surface area contributed by atoms with Crippen molar-refractivity contribution >= 4 is 11.3 Å². The van der Waals surface area contributed by atoms with Crippen LogP contribution in [0.3, 0.4) is 0 Å². The zero-order valence-electron chi connectivity index (χ0n) is 11.8. The number of hydrogen-bond acceptors (Lipinski definition) is 6. The van der Waals surface area contributed by atoms with E-state index in [1.807, 2.05) is 36.4 Å². The van der Waals surface area contributed by atoms with E-state index in [1.54, 1.807) is 11.3 Å². The molecule has 7 nitrogen and oxygen atoms in total. The van der Waals surface area contributed by atoms with Crippen LogP contribution >= 0.6 is 11.3 Å². The van der Waals surface area contributed by atoms with Crippen molar-refractivity contribution in [1.29, 1.82) is 0 Å². The number of nitrogens with one attached hydrogen (secondary N) is 1. The number of rotatable bonds is 4. The molecule has 0 fully saturated rings. The highest BCUT2D eigenvalue weighted by molar-refractivity contribution is 7.15. The Balaban J connectivity index is 1.63. The monoisotopic (exact) mass is 325 g/mol. The first-order valence-electron chi connectivity index (χ1n) is 6.85. The third-order valence-electron chi connectivity index (χ3n) is 3.37. The molecule has 0 saturated carbocycles. The van der Waals surface area contributed by atoms with Crippen LogP contribution in [0, 0.1) is 0 Å². The van der Waals surface area contributed by atoms with Crippen LogP contribution in [0.1, 0.15) is 4.88 Å². The van der Waals surface area contributed by atoms with E-state index >= 15 is 0 Å². The van der Waals surface area contributed by atoms with Gasteiger partial charge in [0.1, 0.15) is 6.33 Å². The molecular formula is C15H11N5O2S. The minimum atomic E-state index is -0.209. The van der Waals surface area contributed by atoms with Crippen LogP contribution in [0.5, 0.6) is 0 Å². The molecule has 23 heavy (non-hydrogen) atoms. The first kappa shape index (κ1) is 13.6. The van der Waals surface area contributed by atoms with Crippen molar-refractivity contribution in [2.45, 2.75) is 6.54 Å². The smallest absolute Gasteiger partial charge is 0.342 e. The summed E-state index contributed by atoms with van der Waals surface area (Å²) in [5.41, 5.74) is 1.76. The number of hydrogen-bond donors (Lipinski definition) is 1. The minimum absolute atomic E-state index is 0.209. The minimum Gasteiger partial charge on any atom is -0.342 e. The van der Waals surface area contributed by atoms with Crippen molar-refractivity contribution < 1.29 is 4.52 Å². The van der Waals surface area contributed by atoms with Crippen molar-refractivity contribution in [2.75, 3.05) is 0 Å². The number of aromatic nitrogens is 5. The number of thiophene rings is 1. The van der Waals surface area contributed by atoms with Gasteiger partial charge in [-0.15, -0.1) is 11.3 Å². The molecule has 0 aliphatic rings. The van der Waals surface area contributed by atoms with E-state index in [2.05, 4.69) is 20.3 Å². The molecule has 0 aliphatic heterocycles. The Morgan fingerprint density at radius 3 is 2.91 bits per heavy atom. The summed E-state index contributed by atoms with van der Waals surface area (Å²) in [5.74, 6) is 0.563. The molecule has 0 atom stereocenters. The van der Waals surface area contributed by atoms with Crippen molar-refractivity contribution in [1.82, 2.24) is 24.9 Å². The summed E-state index contributed by atoms with van der Waals surface area (Å²) in [6.07, 6.45) is 2.81. The van der Waals surface area contributed by atoms with Gasteiger partial charge in [0.25, 0.3) is 0 Å². The third kappa shape index (κ3) is 2.71. The normalized spacial score (nSPS) is 11.0. The Bertz CT molecular complexity index is 983. The van der Waals surface area contributed by atoms with Gasteiger partial charge in [-0.1, -0.05) is 23.4 Å². The van der Waals surface area contributed by atoms with Gasteiger partial charge in [0.2, 0.25) is 12.2 Å². The van der Waals surface area contributed by atoms with Crippen LogP contribution in [0.4, 0.5) is 0 Å². The molecule has 0 bridgehead atoms. The van der Waals surface area contributed by atoms with E-state index < -0.39 is 0 Å². The van der Waals surface area contributed by atoms with E-state index in [-0.39, 0.29) is 5.69 Å². The highest BCUT2D eigenvalue weighted by Gasteiger charge is 2.08. The third-order valence-corrected chi connectivity index (χ3v) is 4.49. The summed E-state index contributed by atoms with van der Waals surface area (Å²) in [4.78, 5) is 17.8. The highest BCUT2D eigenvalue weighted by atomic mass is 32.1. The predicted molar refractivity (Wildman–Crippen MR) is 85.0 cm³/mol. The van der Waals surface area contributed by atoms with E-state index in [0.717, 1.165) is 20.9 Å². The Kier molecular flexibility index (Phi) is 3.35. The van der Waals surface area contributed by atoms with Gasteiger partial charge >= 0.3 is 5.69 Å². The van der Waals surface area contributed by atoms with E-state index in [9.17, 15) is 4.79 Å². The number of aromatic amines is 1. The largest absolute Gasteiger partial charge is 0.343 e. The molecule has 114 valence electrons. The molecular weight excluding hydrogens is 314 g/mol. The summed E-state index contributed by atoms with van der Waals surface area (Å²) >= 11 is 1.63. The lowest BCUT2D eigenvalue weighted by atomic mass is 10.1. The Morgan fingerprint density at radius 1 is 1.22 bits per heavy atom. The maximum absolute atomic E-state index is 11.5. The van der Waals surface area contributed by atoms with Crippen LogP contribution in [-0.4, -0.2) is 24.9 Å². The summed E-state index contributed by atoms with van der Waals surface area (Å²) in [6.45, 7) is 0.504. The average molecular weight is 325 g/mol. The maximum Gasteiger partial charge on any atom is 0.343 e. The van der Waals surface area contributed by atoms with Crippen LogP contribution < -0.4 is 5.69 Å². The summed E-state index contributed by atoms with van der Waals surface area (Å²) in [7, 11) is 0. The fourth-order valence-electron chi connectivity index (χ4n) is 2.28. The fraction of sp³-hybridized carbons (Fsp3) is 0.0667. The first-order valence-corrected chi connectivity index (χ1v) is 7.67. The van der Waals surface area contributed by atoms with Crippen LogP contribution in [0.15, 0.2) is 58.4 Å². The van der Waals surface area contributed by atoms with Gasteiger partial charge in [0.15, 0.2) is 0 Å². The molecule has 1 N–H and O–H groups in total. The SMILES string of the molecule is O=c1[nH]ncn1Cc1ccc(-c2cccc(-c3ncon3)c2)s1. The predicted octanol–water partition coefficient (Wildman–Crippen LogP) is 2.40. The second-order valence-corrected chi connectivity index (χ2v) is 6.06. The number of nitrogens with zero attached hydrogens (tertiary/aromatic N) is 4. The molecule has 0 saturated heterocycles. The number of H-pyrrole nitrogens is 1. The zero-order valence-corrected chi connectivity index (χ0v) is 12.7. The molecule has 0 unspecified atom stereocenters. The molecule has 4 rings (SSSR count). The molecule has 1 aromatic carbocycles. The second-order valence-electron chi connectivity index (χ2n) is 4.89. The lowest BCUT2D eigenvalue weighted by molar-refractivity contribution is 0.419. The van der Waals surface area contributed by atoms with Crippen LogP contribution in [-0.2, 0) is 6.54 Å². The lowest BCUT2D eigenvalue weighted by Gasteiger charge is -2.00. The quantitative estimate of drug-likeness (QED) is 0.622. The van der Waals surface area contributed by atoms with Gasteiger partial charge in [-0.2, -0.15) is 10.1 Å². The van der Waals surface area contributed by atoms with Crippen LogP contribution in [0.2, 0.25) is 0 Å². The topological polar surface area (TPSA) is 89.6 Å². The summed E-state index contributed by atoms with van der Waals surface area (Å²) in [6, 6.07) is 12.0. The summed E-state index contributed by atoms with van der Waals surface area (Å²) < 4.78 is 6.32. The van der Waals surface area contributed by atoms with Crippen molar-refractivity contribution in [3.63, 3.8) is 0 Å². The maximum atomic E-state index is 11.5. The zero-order chi connectivity index (χ0) is 15.6. The highest BCUT2D eigenvalue weighted by Crippen LogP contribution is 2.30. The van der Waals surface area contributed by atoms with E-state index in [0.29, 0.717) is 12.4 Å². The molecule has 0 amide bonds. The lowest BCUT2D eigenvalue weighted by Crippen LogP contribution is -2.16. The molecule has 8 heteroatoms. The van der Waals surface area contributed by atoms with Crippen molar-refractivity contribution in [3.05, 3.63) is 64.5 Å². The Labute approximate surface area is 134 Å². The molecule has 0 radical (unpaired) electrons. The first-order chi connectivity index (χ1) is 11.3. The Hall–Kier alpha value is -3.00. The molecule has 0 spiro atoms. The molecule has 3 aromatic heterocycles. The summed E-state index contributed by atoms with van der Waals surface area (Å²) in [5, 5.41) is 9.97. The van der Waals surface area contributed by atoms with Gasteiger partial charge in [0.05, 0.1) is 6.54 Å². The van der Waals surface area contributed by atoms with Gasteiger partial charge < -0.3 is 4.52 Å². The number of benzene rings is 1. The van der Waals surface area contributed by atoms with Crippen LogP contribution in [0.25, 0.3) is 21.8 Å². The standard InChI is InChI=1S/C15H11N5O2S/c21-15-18-17-8-20(15)7-12-4-5-13(23-12)10-2-1-3-11(6-10)14-16-9-22-19-14/h1-6,8-9H,7H2,(H,18,21). The molecule has 0 aliphatic carbocycles. The van der Waals surface area contributed by atoms with E-state index in [4.69, 9.17) is 4.52 Å². The average Bonchev–Trinajstić information content (AvgIpc) is 3.31. The Morgan fingerprint density at radius 2 is 2.13 bits per heavy atom. The van der Waals surface area contributed by atoms with Gasteiger partial charge in [-0.3, -0.25) is 4.57 Å². The second kappa shape index (κ2) is 5.65. The van der Waals surface area contributed by atoms with Gasteiger partial charge in [0, 0.05) is 15.3 Å². The van der Waals surface area contributed by atoms with Gasteiger partial charge in [-0.05, 0) is 23.8 Å². The van der Waals surface area contributed by atoms with E-state index in [1.165, 1.54) is 17.3 Å². The van der Waals surface area contributed by atoms with Crippen molar-refractivity contribution in [2.24, 2.45) is 0 Å². The van der Waals surface area contributed by atoms with Crippen molar-refractivity contribution in [3.8, 4) is 21.8 Å². The molecule has 4 aromatic rings. The molecule has 3 heterocycles. The fourth-order valence-corrected chi connectivity index (χ4v) is 3.28. The van der Waals surface area contributed by atoms with Gasteiger partial charge in [-0.25, -0.2) is 9.89 Å².